The second-order valence-corrected chi connectivity index (χ2v) is 7.70. The van der Waals surface area contributed by atoms with Crippen molar-refractivity contribution < 1.29 is 14.6 Å². The molecule has 3 aliphatic rings. The number of halogens is 1. The van der Waals surface area contributed by atoms with Gasteiger partial charge in [0.1, 0.15) is 5.75 Å². The van der Waals surface area contributed by atoms with Gasteiger partial charge >= 0.3 is 0 Å². The Morgan fingerprint density at radius 2 is 1.96 bits per heavy atom. The number of aliphatic hydroxyl groups is 1. The monoisotopic (exact) mass is 320 g/mol. The number of benzene rings is 1. The van der Waals surface area contributed by atoms with Crippen LogP contribution in [0.2, 0.25) is 0 Å². The molecule has 3 aliphatic carbocycles. The maximum atomic E-state index is 10.4. The number of aromatic hydroxyl groups is 1. The fraction of sp³-hybridized carbons (Fsp3) is 0.700. The van der Waals surface area contributed by atoms with E-state index in [0.717, 1.165) is 25.2 Å². The van der Waals surface area contributed by atoms with E-state index >= 15 is 0 Å². The normalized spacial score (nSPS) is 37.9. The molecule has 0 aromatic heterocycles. The van der Waals surface area contributed by atoms with Crippen molar-refractivity contribution >= 4 is 0 Å². The summed E-state index contributed by atoms with van der Waals surface area (Å²) in [5.74, 6) is 2.49. The smallest absolute Gasteiger partial charge is 0.115 e. The second-order valence-electron chi connectivity index (χ2n) is 7.70. The zero-order valence-corrected chi connectivity index (χ0v) is 14.3. The minimum Gasteiger partial charge on any atom is -0.508 e. The van der Waals surface area contributed by atoms with Crippen LogP contribution < -0.4 is 0 Å². The van der Waals surface area contributed by atoms with Crippen LogP contribution in [0.1, 0.15) is 63.0 Å². The highest BCUT2D eigenvalue weighted by molar-refractivity contribution is 5.40. The van der Waals surface area contributed by atoms with Crippen LogP contribution in [0.5, 0.6) is 5.75 Å². The number of aryl methyl sites for hydroxylation is 1. The Hall–Kier alpha value is -1.09. The molecular formula is C20H29FO2. The first-order valence-corrected chi connectivity index (χ1v) is 9.07. The summed E-state index contributed by atoms with van der Waals surface area (Å²) in [6.07, 6.45) is 6.78. The lowest BCUT2D eigenvalue weighted by Gasteiger charge is -2.50. The van der Waals surface area contributed by atoms with E-state index in [-0.39, 0.29) is 18.2 Å². The van der Waals surface area contributed by atoms with E-state index in [9.17, 15) is 14.6 Å². The average Bonchev–Trinajstić information content (AvgIpc) is 2.83. The first-order chi connectivity index (χ1) is 11.0. The first-order valence-electron chi connectivity index (χ1n) is 9.07. The molecule has 0 amide bonds. The molecule has 2 nitrogen and oxygen atoms in total. The Balaban J connectivity index is 0.000000485. The van der Waals surface area contributed by atoms with Crippen molar-refractivity contribution in [2.45, 2.75) is 64.4 Å². The van der Waals surface area contributed by atoms with Gasteiger partial charge in [-0.25, -0.2) is 0 Å². The largest absolute Gasteiger partial charge is 0.508 e. The molecule has 1 aromatic carbocycles. The first kappa shape index (κ1) is 16.8. The molecule has 0 bridgehead atoms. The lowest BCUT2D eigenvalue weighted by atomic mass is 9.55. The van der Waals surface area contributed by atoms with Crippen molar-refractivity contribution in [3.05, 3.63) is 29.3 Å². The maximum Gasteiger partial charge on any atom is 0.115 e. The highest BCUT2D eigenvalue weighted by atomic mass is 19.1. The van der Waals surface area contributed by atoms with Crippen LogP contribution in [0, 0.1) is 17.3 Å². The van der Waals surface area contributed by atoms with E-state index in [4.69, 9.17) is 0 Å². The van der Waals surface area contributed by atoms with E-state index in [1.54, 1.807) is 0 Å². The number of fused-ring (bicyclic) bond motifs is 5. The maximum absolute atomic E-state index is 10.4. The van der Waals surface area contributed by atoms with Gasteiger partial charge in [-0.15, -0.1) is 0 Å². The minimum atomic E-state index is -0.250. The average molecular weight is 320 g/mol. The number of rotatable bonds is 0. The molecule has 3 heteroatoms. The van der Waals surface area contributed by atoms with Gasteiger partial charge in [-0.1, -0.05) is 13.0 Å². The van der Waals surface area contributed by atoms with Crippen LogP contribution in [-0.4, -0.2) is 23.0 Å². The summed E-state index contributed by atoms with van der Waals surface area (Å²) in [5, 5.41) is 20.0. The highest BCUT2D eigenvalue weighted by Crippen LogP contribution is 2.60. The summed E-state index contributed by atoms with van der Waals surface area (Å²) >= 11 is 0. The molecule has 128 valence electrons. The molecule has 2 fully saturated rings. The number of hydrogen-bond acceptors (Lipinski definition) is 2. The fourth-order valence-corrected chi connectivity index (χ4v) is 5.54. The number of phenolic OH excluding ortho intramolecular Hbond substituents is 1. The Kier molecular flexibility index (Phi) is 4.68. The van der Waals surface area contributed by atoms with Crippen LogP contribution >= 0.6 is 0 Å². The zero-order valence-electron chi connectivity index (χ0n) is 14.3. The van der Waals surface area contributed by atoms with Gasteiger partial charge in [-0.2, -0.15) is 0 Å². The van der Waals surface area contributed by atoms with Crippen LogP contribution in [0.4, 0.5) is 4.39 Å². The van der Waals surface area contributed by atoms with Crippen LogP contribution in [0.15, 0.2) is 18.2 Å². The predicted molar refractivity (Wildman–Crippen MR) is 90.4 cm³/mol. The van der Waals surface area contributed by atoms with Crippen molar-refractivity contribution in [1.29, 1.82) is 0 Å². The topological polar surface area (TPSA) is 40.5 Å². The molecule has 0 spiro atoms. The number of alkyl halides is 1. The minimum absolute atomic E-state index is 0.0883. The van der Waals surface area contributed by atoms with Gasteiger partial charge in [-0.05, 0) is 91.9 Å². The summed E-state index contributed by atoms with van der Waals surface area (Å²) in [5.41, 5.74) is 2.99. The molecule has 0 aliphatic heterocycles. The summed E-state index contributed by atoms with van der Waals surface area (Å²) < 4.78 is 10.3. The quantitative estimate of drug-likeness (QED) is 0.734. The van der Waals surface area contributed by atoms with E-state index in [1.165, 1.54) is 37.3 Å². The molecule has 0 radical (unpaired) electrons. The third kappa shape index (κ3) is 2.77. The molecule has 1 aromatic rings. The van der Waals surface area contributed by atoms with E-state index < -0.39 is 0 Å². The van der Waals surface area contributed by atoms with Crippen molar-refractivity contribution in [3.8, 4) is 5.75 Å². The Bertz CT molecular complexity index is 559. The highest BCUT2D eigenvalue weighted by Gasteiger charge is 2.54. The zero-order chi connectivity index (χ0) is 16.6. The van der Waals surface area contributed by atoms with Gasteiger partial charge < -0.3 is 10.2 Å². The lowest BCUT2D eigenvalue weighted by molar-refractivity contribution is -0.0226. The van der Waals surface area contributed by atoms with Gasteiger partial charge in [0.2, 0.25) is 0 Å². The third-order valence-electron chi connectivity index (χ3n) is 6.66. The molecular weight excluding hydrogens is 291 g/mol. The Labute approximate surface area is 138 Å². The Morgan fingerprint density at radius 3 is 2.70 bits per heavy atom. The van der Waals surface area contributed by atoms with Crippen LogP contribution in [0.25, 0.3) is 0 Å². The summed E-state index contributed by atoms with van der Waals surface area (Å²) in [6, 6.07) is 5.96. The number of aliphatic hydroxyl groups excluding tert-OH is 1. The molecule has 3 unspecified atom stereocenters. The summed E-state index contributed by atoms with van der Waals surface area (Å²) in [6.45, 7) is 3.53. The molecule has 5 atom stereocenters. The molecule has 0 heterocycles. The van der Waals surface area contributed by atoms with Crippen LogP contribution in [0.3, 0.4) is 0 Å². The summed E-state index contributed by atoms with van der Waals surface area (Å²) in [4.78, 5) is 0. The second kappa shape index (κ2) is 6.43. The van der Waals surface area contributed by atoms with Gasteiger partial charge in [-0.3, -0.25) is 4.39 Å². The third-order valence-corrected chi connectivity index (χ3v) is 6.66. The van der Waals surface area contributed by atoms with Gasteiger partial charge in [0, 0.05) is 0 Å². The van der Waals surface area contributed by atoms with Crippen molar-refractivity contribution in [1.82, 2.24) is 0 Å². The standard InChI is InChI=1S/C18H24O2.C2H5F/c1-18-9-8-14-13-5-3-12(19)10-11(13)2-4-15(14)16(18)6-7-17(18)20;1-2-3/h3,5,10,14-17,19-20H,2,4,6-9H2,1H3;2H2,1H3/t14?,15?,16?,17-,18-;/m0./s1. The molecule has 4 rings (SSSR count). The van der Waals surface area contributed by atoms with E-state index in [0.29, 0.717) is 17.6 Å². The van der Waals surface area contributed by atoms with E-state index in [1.807, 2.05) is 12.1 Å². The predicted octanol–water partition coefficient (Wildman–Crippen LogP) is 4.59. The number of hydrogen-bond donors (Lipinski definition) is 2. The lowest BCUT2D eigenvalue weighted by Crippen LogP contribution is -2.43. The van der Waals surface area contributed by atoms with Gasteiger partial charge in [0.05, 0.1) is 12.8 Å². The molecule has 2 saturated carbocycles. The molecule has 2 N–H and O–H groups in total. The number of phenols is 1. The van der Waals surface area contributed by atoms with E-state index in [2.05, 4.69) is 13.0 Å². The van der Waals surface area contributed by atoms with Crippen molar-refractivity contribution in [3.63, 3.8) is 0 Å². The Morgan fingerprint density at radius 1 is 1.22 bits per heavy atom. The van der Waals surface area contributed by atoms with Gasteiger partial charge in [0.15, 0.2) is 0 Å². The SMILES string of the molecule is CCF.C[C@]12CCC3c4ccc(O)cc4CCC3C1CC[C@@H]2O. The summed E-state index contributed by atoms with van der Waals surface area (Å²) in [7, 11) is 0. The van der Waals surface area contributed by atoms with Crippen LogP contribution in [-0.2, 0) is 6.42 Å². The molecule has 0 saturated heterocycles. The van der Waals surface area contributed by atoms with Crippen molar-refractivity contribution in [2.75, 3.05) is 6.67 Å². The van der Waals surface area contributed by atoms with Crippen molar-refractivity contribution in [2.24, 2.45) is 17.3 Å². The fourth-order valence-electron chi connectivity index (χ4n) is 5.54. The molecule has 23 heavy (non-hydrogen) atoms. The van der Waals surface area contributed by atoms with Gasteiger partial charge in [0.25, 0.3) is 0 Å².